The molecule has 2 aromatic rings. The minimum atomic E-state index is -0.0349. The summed E-state index contributed by atoms with van der Waals surface area (Å²) >= 11 is 0. The van der Waals surface area contributed by atoms with Gasteiger partial charge in [0.25, 0.3) is 0 Å². The van der Waals surface area contributed by atoms with E-state index in [2.05, 4.69) is 87.0 Å². The molecule has 0 heterocycles. The van der Waals surface area contributed by atoms with Gasteiger partial charge in [-0.05, 0) is 34.4 Å². The molecule has 0 bridgehead atoms. The van der Waals surface area contributed by atoms with E-state index in [4.69, 9.17) is 0 Å². The minimum Gasteiger partial charge on any atom is -0.128 e. The summed E-state index contributed by atoms with van der Waals surface area (Å²) < 4.78 is 0. The highest BCUT2D eigenvalue weighted by atomic mass is 14.3. The fourth-order valence-electron chi connectivity index (χ4n) is 2.39. The minimum absolute atomic E-state index is 0.0349. The van der Waals surface area contributed by atoms with Gasteiger partial charge >= 0.3 is 0 Å². The van der Waals surface area contributed by atoms with Crippen LogP contribution in [0, 0.1) is 0 Å². The summed E-state index contributed by atoms with van der Waals surface area (Å²) in [5.41, 5.74) is 10.4. The van der Waals surface area contributed by atoms with Gasteiger partial charge in [-0.25, -0.2) is 0 Å². The summed E-state index contributed by atoms with van der Waals surface area (Å²) in [6.07, 6.45) is 3.76. The third-order valence-corrected chi connectivity index (χ3v) is 3.80. The van der Waals surface area contributed by atoms with Gasteiger partial charge in [0.1, 0.15) is 0 Å². The van der Waals surface area contributed by atoms with Crippen molar-refractivity contribution in [3.63, 3.8) is 0 Å². The van der Waals surface area contributed by atoms with Crippen molar-refractivity contribution in [1.29, 1.82) is 0 Å². The predicted octanol–water partition coefficient (Wildman–Crippen LogP) is 5.61. The molecule has 0 unspecified atom stereocenters. The van der Waals surface area contributed by atoms with Crippen LogP contribution in [0.2, 0.25) is 0 Å². The lowest BCUT2D eigenvalue weighted by Crippen LogP contribution is -2.18. The Labute approximate surface area is 127 Å². The zero-order chi connectivity index (χ0) is 15.3. The lowest BCUT2D eigenvalue weighted by molar-refractivity contribution is 0.641. The molecule has 21 heavy (non-hydrogen) atoms. The summed E-state index contributed by atoms with van der Waals surface area (Å²) in [7, 11) is 0. The van der Waals surface area contributed by atoms with Crippen LogP contribution in [-0.2, 0) is 5.41 Å². The Morgan fingerprint density at radius 2 is 1.05 bits per heavy atom. The molecule has 104 valence electrons. The van der Waals surface area contributed by atoms with Crippen molar-refractivity contribution in [3.05, 3.63) is 95.4 Å². The van der Waals surface area contributed by atoms with Crippen molar-refractivity contribution in [3.8, 4) is 0 Å². The molecule has 0 atom stereocenters. The number of rotatable bonds is 4. The van der Waals surface area contributed by atoms with Crippen LogP contribution in [0.15, 0.2) is 73.2 Å². The van der Waals surface area contributed by atoms with E-state index in [0.717, 1.165) is 11.1 Å². The summed E-state index contributed by atoms with van der Waals surface area (Å²) in [5.74, 6) is 0. The second kappa shape index (κ2) is 6.29. The quantitative estimate of drug-likeness (QED) is 0.635. The number of hydrogen-bond acceptors (Lipinski definition) is 0. The molecule has 0 saturated carbocycles. The monoisotopic (exact) mass is 272 g/mol. The highest BCUT2D eigenvalue weighted by Crippen LogP contribution is 2.31. The maximum Gasteiger partial charge on any atom is 0.0146 e. The molecular weight excluding hydrogens is 252 g/mol. The van der Waals surface area contributed by atoms with Crippen molar-refractivity contribution in [2.45, 2.75) is 19.3 Å². The predicted molar refractivity (Wildman–Crippen MR) is 92.2 cm³/mol. The summed E-state index contributed by atoms with van der Waals surface area (Å²) in [5, 5.41) is 0. The van der Waals surface area contributed by atoms with Gasteiger partial charge in [0, 0.05) is 5.41 Å². The maximum absolute atomic E-state index is 3.60. The molecule has 0 fully saturated rings. The van der Waals surface area contributed by atoms with Gasteiger partial charge in [-0.1, -0.05) is 75.5 Å². The van der Waals surface area contributed by atoms with Crippen LogP contribution >= 0.6 is 0 Å². The van der Waals surface area contributed by atoms with E-state index >= 15 is 0 Å². The molecule has 0 aromatic heterocycles. The van der Waals surface area contributed by atoms with Crippen molar-refractivity contribution in [2.24, 2.45) is 0 Å². The second-order valence-corrected chi connectivity index (χ2v) is 5.57. The first kappa shape index (κ1) is 14.9. The zero-order valence-corrected chi connectivity index (χ0v) is 12.7. The van der Waals surface area contributed by atoms with Crippen LogP contribution in [0.5, 0.6) is 0 Å². The molecule has 0 aliphatic heterocycles. The Morgan fingerprint density at radius 1 is 0.714 bits per heavy atom. The molecular formula is C21H20. The van der Waals surface area contributed by atoms with E-state index in [1.165, 1.54) is 11.1 Å². The van der Waals surface area contributed by atoms with E-state index in [-0.39, 0.29) is 5.41 Å². The smallest absolute Gasteiger partial charge is 0.0146 e. The van der Waals surface area contributed by atoms with Crippen LogP contribution in [0.4, 0.5) is 0 Å². The highest BCUT2D eigenvalue weighted by Gasteiger charge is 2.22. The van der Waals surface area contributed by atoms with E-state index in [1.807, 2.05) is 12.2 Å². The molecule has 0 saturated heterocycles. The fraction of sp³-hybridized carbons (Fsp3) is 0.143. The summed E-state index contributed by atoms with van der Waals surface area (Å²) in [4.78, 5) is 0. The maximum atomic E-state index is 3.60. The Balaban J connectivity index is 2.35. The first-order valence-electron chi connectivity index (χ1n) is 7.00. The molecule has 0 aliphatic rings. The molecule has 0 heteroatoms. The van der Waals surface area contributed by atoms with Crippen molar-refractivity contribution in [2.75, 3.05) is 0 Å². The Morgan fingerprint density at radius 3 is 1.33 bits per heavy atom. The average molecular weight is 272 g/mol. The van der Waals surface area contributed by atoms with E-state index < -0.39 is 0 Å². The molecule has 0 nitrogen and oxygen atoms in total. The summed E-state index contributed by atoms with van der Waals surface area (Å²) in [6.45, 7) is 11.7. The molecule has 0 amide bonds. The van der Waals surface area contributed by atoms with E-state index in [0.29, 0.717) is 0 Å². The van der Waals surface area contributed by atoms with E-state index in [9.17, 15) is 0 Å². The van der Waals surface area contributed by atoms with Crippen LogP contribution in [0.3, 0.4) is 0 Å². The van der Waals surface area contributed by atoms with Gasteiger partial charge in [-0.3, -0.25) is 0 Å². The van der Waals surface area contributed by atoms with Gasteiger partial charge in [0.05, 0.1) is 0 Å². The van der Waals surface area contributed by atoms with Crippen LogP contribution < -0.4 is 0 Å². The molecule has 0 N–H and O–H groups in total. The van der Waals surface area contributed by atoms with Crippen LogP contribution in [0.25, 0.3) is 12.2 Å². The van der Waals surface area contributed by atoms with Gasteiger partial charge in [0.15, 0.2) is 0 Å². The third kappa shape index (κ3) is 3.33. The third-order valence-electron chi connectivity index (χ3n) is 3.80. The first-order valence-corrected chi connectivity index (χ1v) is 7.00. The average Bonchev–Trinajstić information content (AvgIpc) is 2.49. The van der Waals surface area contributed by atoms with E-state index in [1.54, 1.807) is 0 Å². The van der Waals surface area contributed by atoms with Crippen molar-refractivity contribution < 1.29 is 0 Å². The Kier molecular flexibility index (Phi) is 4.45. The lowest BCUT2D eigenvalue weighted by atomic mass is 9.78. The van der Waals surface area contributed by atoms with Crippen LogP contribution in [0.1, 0.15) is 36.1 Å². The highest BCUT2D eigenvalue weighted by molar-refractivity contribution is 5.52. The van der Waals surface area contributed by atoms with Crippen molar-refractivity contribution >= 4 is 12.2 Å². The standard InChI is InChI=1S/C21H20/c1-5-7-17-9-13-19(14-10-17)21(3,4)20-15-11-18(8-6-2)12-16-20/h7-16H,1-2H2,3-4H3. The molecule has 0 radical (unpaired) electrons. The topological polar surface area (TPSA) is 0 Å². The molecule has 0 aliphatic carbocycles. The van der Waals surface area contributed by atoms with Crippen LogP contribution in [-0.4, -0.2) is 0 Å². The largest absolute Gasteiger partial charge is 0.128 e. The molecule has 2 rings (SSSR count). The van der Waals surface area contributed by atoms with Crippen molar-refractivity contribution in [1.82, 2.24) is 0 Å². The Hall–Kier alpha value is -2.52. The number of benzene rings is 2. The normalized spacial score (nSPS) is 10.4. The first-order chi connectivity index (χ1) is 10.1. The second-order valence-electron chi connectivity index (χ2n) is 5.57. The fourth-order valence-corrected chi connectivity index (χ4v) is 2.39. The molecule has 2 aromatic carbocycles. The lowest BCUT2D eigenvalue weighted by Gasteiger charge is -2.26. The number of hydrogen-bond donors (Lipinski definition) is 0. The SMILES string of the molecule is C=C=Cc1ccc(C(C)(C)c2ccc(C=C=C)cc2)cc1. The van der Waals surface area contributed by atoms with Gasteiger partial charge in [-0.2, -0.15) is 0 Å². The van der Waals surface area contributed by atoms with Gasteiger partial charge in [-0.15, -0.1) is 11.5 Å². The Bertz CT molecular complexity index is 636. The van der Waals surface area contributed by atoms with Gasteiger partial charge in [0.2, 0.25) is 0 Å². The zero-order valence-electron chi connectivity index (χ0n) is 12.7. The summed E-state index contributed by atoms with van der Waals surface area (Å²) in [6, 6.07) is 17.1. The van der Waals surface area contributed by atoms with Gasteiger partial charge < -0.3 is 0 Å². The molecule has 0 spiro atoms.